The minimum absolute atomic E-state index is 0.0276. The van der Waals surface area contributed by atoms with Crippen molar-refractivity contribution in [1.29, 1.82) is 0 Å². The maximum atomic E-state index is 11.4. The number of carboxylic acid groups (broad SMARTS) is 1. The summed E-state index contributed by atoms with van der Waals surface area (Å²) < 4.78 is 6.33. The summed E-state index contributed by atoms with van der Waals surface area (Å²) >= 11 is 0. The fourth-order valence-corrected chi connectivity index (χ4v) is 6.31. The molecule has 178 valence electrons. The average Bonchev–Trinajstić information content (AvgIpc) is 3.31. The first kappa shape index (κ1) is 21.9. The number of nitrogens with one attached hydrogen (secondary N) is 1. The molecule has 1 spiro atoms. The normalized spacial score (nSPS) is 25.4. The number of benzene rings is 2. The first-order valence-electron chi connectivity index (χ1n) is 12.8. The molecule has 2 atom stereocenters. The lowest BCUT2D eigenvalue weighted by Crippen LogP contribution is -2.45. The van der Waals surface area contributed by atoms with Gasteiger partial charge in [0.05, 0.1) is 11.2 Å². The first-order chi connectivity index (χ1) is 16.5. The predicted octanol–water partition coefficient (Wildman–Crippen LogP) is 6.01. The second-order valence-electron chi connectivity index (χ2n) is 10.7. The molecule has 1 saturated carbocycles. The highest BCUT2D eigenvalue weighted by molar-refractivity contribution is 5.88. The van der Waals surface area contributed by atoms with E-state index >= 15 is 0 Å². The number of likely N-dealkylation sites (tertiary alicyclic amines) is 1. The Morgan fingerprint density at radius 2 is 2.03 bits per heavy atom. The van der Waals surface area contributed by atoms with Gasteiger partial charge in [-0.05, 0) is 98.2 Å². The van der Waals surface area contributed by atoms with Crippen molar-refractivity contribution in [2.45, 2.75) is 70.1 Å². The van der Waals surface area contributed by atoms with E-state index in [0.29, 0.717) is 5.56 Å². The minimum atomic E-state index is -0.873. The largest absolute Gasteiger partial charge is 0.478 e. The molecular weight excluding hydrogens is 424 g/mol. The molecule has 5 nitrogen and oxygen atoms in total. The van der Waals surface area contributed by atoms with Gasteiger partial charge in [-0.1, -0.05) is 18.2 Å². The van der Waals surface area contributed by atoms with E-state index < -0.39 is 5.97 Å². The van der Waals surface area contributed by atoms with Crippen LogP contribution in [0.25, 0.3) is 10.9 Å². The van der Waals surface area contributed by atoms with Crippen molar-refractivity contribution in [1.82, 2.24) is 9.88 Å². The fourth-order valence-electron chi connectivity index (χ4n) is 6.31. The zero-order chi connectivity index (χ0) is 23.3. The van der Waals surface area contributed by atoms with Crippen molar-refractivity contribution >= 4 is 16.9 Å². The van der Waals surface area contributed by atoms with E-state index in [4.69, 9.17) is 4.74 Å². The van der Waals surface area contributed by atoms with Gasteiger partial charge in [-0.3, -0.25) is 4.90 Å². The molecule has 5 heteroatoms. The number of hydrogen-bond donors (Lipinski definition) is 2. The molecule has 2 saturated heterocycles. The number of hydrogen-bond acceptors (Lipinski definition) is 3. The Morgan fingerprint density at radius 1 is 1.21 bits per heavy atom. The smallest absolute Gasteiger partial charge is 0.335 e. The molecule has 1 aromatic heterocycles. The van der Waals surface area contributed by atoms with Gasteiger partial charge in [0.25, 0.3) is 0 Å². The number of piperidine rings is 1. The van der Waals surface area contributed by atoms with Crippen molar-refractivity contribution < 1.29 is 14.6 Å². The number of aromatic carboxylic acids is 1. The number of fused-ring (bicyclic) bond motifs is 1. The van der Waals surface area contributed by atoms with E-state index in [1.54, 1.807) is 12.1 Å². The number of nitrogens with zero attached hydrogens (tertiary/aromatic N) is 1. The zero-order valence-electron chi connectivity index (χ0n) is 20.0. The Morgan fingerprint density at radius 3 is 2.74 bits per heavy atom. The van der Waals surface area contributed by atoms with E-state index in [-0.39, 0.29) is 11.6 Å². The standard InChI is InChI=1S/C29H34N2O3/c1-19-15-23(16-20-3-4-20)25(24-9-12-30-27(19)24)18-31-13-11-29(10-2-14-34-29)17-26(31)21-5-7-22(8-6-21)28(32)33/h5-9,12,15,20,26,30H,2-4,10-11,13-14,16-18H2,1H3,(H,32,33). The second-order valence-corrected chi connectivity index (χ2v) is 10.7. The van der Waals surface area contributed by atoms with Crippen LogP contribution < -0.4 is 0 Å². The molecule has 3 fully saturated rings. The maximum absolute atomic E-state index is 11.4. The van der Waals surface area contributed by atoms with Crippen LogP contribution in [0.5, 0.6) is 0 Å². The number of aromatic nitrogens is 1. The van der Waals surface area contributed by atoms with Crippen LogP contribution in [0.3, 0.4) is 0 Å². The maximum Gasteiger partial charge on any atom is 0.335 e. The van der Waals surface area contributed by atoms with E-state index in [0.717, 1.165) is 51.3 Å². The average molecular weight is 459 g/mol. The number of aryl methyl sites for hydroxylation is 1. The molecule has 3 aromatic rings. The summed E-state index contributed by atoms with van der Waals surface area (Å²) in [6.07, 6.45) is 10.3. The van der Waals surface area contributed by atoms with Gasteiger partial charge in [0, 0.05) is 42.8 Å². The van der Waals surface area contributed by atoms with Crippen molar-refractivity contribution in [3.05, 3.63) is 70.4 Å². The summed E-state index contributed by atoms with van der Waals surface area (Å²) in [5.41, 5.74) is 7.06. The van der Waals surface area contributed by atoms with Gasteiger partial charge in [0.15, 0.2) is 0 Å². The first-order valence-corrected chi connectivity index (χ1v) is 12.8. The summed E-state index contributed by atoms with van der Waals surface area (Å²) in [6, 6.07) is 12.4. The summed E-state index contributed by atoms with van der Waals surface area (Å²) in [4.78, 5) is 17.5. The van der Waals surface area contributed by atoms with E-state index in [2.05, 4.69) is 35.1 Å². The number of carboxylic acids is 1. The molecule has 6 rings (SSSR count). The lowest BCUT2D eigenvalue weighted by molar-refractivity contribution is -0.0676. The molecule has 2 aromatic carbocycles. The van der Waals surface area contributed by atoms with Crippen LogP contribution in [-0.2, 0) is 17.7 Å². The van der Waals surface area contributed by atoms with Crippen LogP contribution in [0.15, 0.2) is 42.6 Å². The number of ether oxygens (including phenoxy) is 1. The molecule has 3 heterocycles. The summed E-state index contributed by atoms with van der Waals surface area (Å²) in [6.45, 7) is 4.98. The van der Waals surface area contributed by atoms with Crippen LogP contribution in [0.4, 0.5) is 0 Å². The van der Waals surface area contributed by atoms with E-state index in [9.17, 15) is 9.90 Å². The molecule has 3 aliphatic rings. The Kier molecular flexibility index (Phi) is 5.50. The van der Waals surface area contributed by atoms with Gasteiger partial charge in [0.1, 0.15) is 0 Å². The van der Waals surface area contributed by atoms with E-state index in [1.807, 2.05) is 12.1 Å². The molecule has 0 amide bonds. The predicted molar refractivity (Wildman–Crippen MR) is 133 cm³/mol. The Balaban J connectivity index is 1.37. The Bertz CT molecular complexity index is 1200. The van der Waals surface area contributed by atoms with Crippen molar-refractivity contribution in [3.63, 3.8) is 0 Å². The monoisotopic (exact) mass is 458 g/mol. The minimum Gasteiger partial charge on any atom is -0.478 e. The van der Waals surface area contributed by atoms with Crippen LogP contribution in [-0.4, -0.2) is 39.7 Å². The third kappa shape index (κ3) is 4.05. The van der Waals surface area contributed by atoms with Gasteiger partial charge in [-0.2, -0.15) is 0 Å². The molecule has 34 heavy (non-hydrogen) atoms. The highest BCUT2D eigenvalue weighted by Gasteiger charge is 2.43. The van der Waals surface area contributed by atoms with Gasteiger partial charge in [-0.25, -0.2) is 4.79 Å². The van der Waals surface area contributed by atoms with Crippen LogP contribution in [0.1, 0.15) is 77.2 Å². The van der Waals surface area contributed by atoms with Gasteiger partial charge >= 0.3 is 5.97 Å². The van der Waals surface area contributed by atoms with Crippen molar-refractivity contribution in [3.8, 4) is 0 Å². The second kappa shape index (κ2) is 8.54. The third-order valence-electron chi connectivity index (χ3n) is 8.40. The molecule has 2 aliphatic heterocycles. The molecule has 0 radical (unpaired) electrons. The van der Waals surface area contributed by atoms with Crippen molar-refractivity contribution in [2.75, 3.05) is 13.2 Å². The highest BCUT2D eigenvalue weighted by Crippen LogP contribution is 2.45. The molecule has 1 aliphatic carbocycles. The Hall–Kier alpha value is -2.63. The molecular formula is C29H34N2O3. The highest BCUT2D eigenvalue weighted by atomic mass is 16.5. The fraction of sp³-hybridized carbons (Fsp3) is 0.483. The molecule has 2 N–H and O–H groups in total. The number of H-pyrrole nitrogens is 1. The summed E-state index contributed by atoms with van der Waals surface area (Å²) in [5.74, 6) is -0.0349. The van der Waals surface area contributed by atoms with Gasteiger partial charge in [-0.15, -0.1) is 0 Å². The topological polar surface area (TPSA) is 65.6 Å². The van der Waals surface area contributed by atoms with E-state index in [1.165, 1.54) is 52.4 Å². The summed E-state index contributed by atoms with van der Waals surface area (Å²) in [7, 11) is 0. The number of rotatable bonds is 6. The van der Waals surface area contributed by atoms with Gasteiger partial charge in [0.2, 0.25) is 0 Å². The zero-order valence-corrected chi connectivity index (χ0v) is 20.0. The Labute approximate surface area is 201 Å². The third-order valence-corrected chi connectivity index (χ3v) is 8.40. The van der Waals surface area contributed by atoms with Gasteiger partial charge < -0.3 is 14.8 Å². The SMILES string of the molecule is Cc1cc(CC2CC2)c(CN2CCC3(CCCO3)CC2c2ccc(C(=O)O)cc2)c2cc[nH]c12. The molecule has 2 unspecified atom stereocenters. The lowest BCUT2D eigenvalue weighted by atomic mass is 9.81. The van der Waals surface area contributed by atoms with Crippen LogP contribution in [0, 0.1) is 12.8 Å². The quantitative estimate of drug-likeness (QED) is 0.474. The number of aromatic amines is 1. The molecule has 0 bridgehead atoms. The van der Waals surface area contributed by atoms with Crippen LogP contribution >= 0.6 is 0 Å². The van der Waals surface area contributed by atoms with Crippen molar-refractivity contribution in [2.24, 2.45) is 5.92 Å². The summed E-state index contributed by atoms with van der Waals surface area (Å²) in [5, 5.41) is 10.7. The number of carbonyl (C=O) groups is 1. The van der Waals surface area contributed by atoms with Crippen LogP contribution in [0.2, 0.25) is 0 Å². The lowest BCUT2D eigenvalue weighted by Gasteiger charge is -2.45.